The summed E-state index contributed by atoms with van der Waals surface area (Å²) in [6.45, 7) is 3.20. The minimum Gasteiger partial charge on any atom is -0.481 e. The van der Waals surface area contributed by atoms with Crippen LogP contribution < -0.4 is 5.14 Å². The van der Waals surface area contributed by atoms with Crippen molar-refractivity contribution in [1.82, 2.24) is 4.90 Å². The van der Waals surface area contributed by atoms with Gasteiger partial charge in [-0.05, 0) is 26.0 Å². The second-order valence-electron chi connectivity index (χ2n) is 6.24. The van der Waals surface area contributed by atoms with Crippen LogP contribution in [0, 0.1) is 0 Å². The van der Waals surface area contributed by atoms with E-state index in [1.54, 1.807) is 6.92 Å². The van der Waals surface area contributed by atoms with E-state index in [0.717, 1.165) is 6.07 Å². The van der Waals surface area contributed by atoms with Gasteiger partial charge in [-0.15, -0.1) is 11.3 Å². The van der Waals surface area contributed by atoms with Crippen LogP contribution >= 0.6 is 11.3 Å². The fraction of sp³-hybridized carbons (Fsp3) is 0.571. The van der Waals surface area contributed by atoms with E-state index < -0.39 is 55.6 Å². The second-order valence-corrected chi connectivity index (χ2v) is 11.6. The lowest BCUT2D eigenvalue weighted by molar-refractivity contribution is -0.151. The number of carboxylic acid groups (broad SMARTS) is 2. The predicted octanol–water partition coefficient (Wildman–Crippen LogP) is 0.252. The molecule has 0 amide bonds. The largest absolute Gasteiger partial charge is 0.481 e. The molecule has 1 aromatic heterocycles. The summed E-state index contributed by atoms with van der Waals surface area (Å²) in [6, 6.07) is -1.02. The van der Waals surface area contributed by atoms with E-state index in [1.165, 1.54) is 11.8 Å². The topological polar surface area (TPSA) is 172 Å². The Bertz CT molecular complexity index is 966. The first kappa shape index (κ1) is 21.8. The highest BCUT2D eigenvalue weighted by molar-refractivity contribution is 7.95. The quantitative estimate of drug-likeness (QED) is 0.537. The molecule has 0 radical (unpaired) electrons. The molecule has 0 saturated heterocycles. The standard InChI is InChI=1S/C14H20N2O8S3/c1-3-16(10(13(19)20)6-11(17)18)9-4-7(2)26(21,22)14-8(9)5-12(25-14)27(15,23)24/h5,7,9-10H,3-4,6H2,1-2H3,(H,17,18)(H,19,20)(H2,15,23,24)/t7-,9-,10?/m1/s1. The summed E-state index contributed by atoms with van der Waals surface area (Å²) in [5.41, 5.74) is 0.139. The first-order valence-corrected chi connectivity index (χ1v) is 11.8. The van der Waals surface area contributed by atoms with Crippen LogP contribution in [0.15, 0.2) is 14.5 Å². The van der Waals surface area contributed by atoms with Crippen LogP contribution in [0.2, 0.25) is 0 Å². The van der Waals surface area contributed by atoms with Gasteiger partial charge in [0.15, 0.2) is 9.84 Å². The Morgan fingerprint density at radius 1 is 1.41 bits per heavy atom. The van der Waals surface area contributed by atoms with Gasteiger partial charge < -0.3 is 10.2 Å². The molecule has 0 aliphatic carbocycles. The summed E-state index contributed by atoms with van der Waals surface area (Å²) in [6.07, 6.45) is -0.671. The van der Waals surface area contributed by atoms with Crippen molar-refractivity contribution in [3.63, 3.8) is 0 Å². The van der Waals surface area contributed by atoms with Crippen molar-refractivity contribution in [2.45, 2.75) is 52.4 Å². The highest BCUT2D eigenvalue weighted by Crippen LogP contribution is 2.45. The minimum atomic E-state index is -4.15. The molecule has 27 heavy (non-hydrogen) atoms. The van der Waals surface area contributed by atoms with Gasteiger partial charge in [-0.1, -0.05) is 6.92 Å². The van der Waals surface area contributed by atoms with Gasteiger partial charge in [0.1, 0.15) is 14.5 Å². The average molecular weight is 441 g/mol. The number of aliphatic carboxylic acids is 2. The molecule has 2 rings (SSSR count). The van der Waals surface area contributed by atoms with Crippen LogP contribution in [0.3, 0.4) is 0 Å². The molecular formula is C14H20N2O8S3. The molecule has 0 aromatic carbocycles. The van der Waals surface area contributed by atoms with Crippen molar-refractivity contribution in [3.8, 4) is 0 Å². The van der Waals surface area contributed by atoms with Crippen molar-refractivity contribution in [2.75, 3.05) is 6.54 Å². The molecule has 1 aliphatic rings. The first-order valence-electron chi connectivity index (χ1n) is 7.91. The molecule has 0 bridgehead atoms. The van der Waals surface area contributed by atoms with Crippen LogP contribution in [0.25, 0.3) is 0 Å². The highest BCUT2D eigenvalue weighted by Gasteiger charge is 2.44. The van der Waals surface area contributed by atoms with Crippen molar-refractivity contribution in [1.29, 1.82) is 0 Å². The Morgan fingerprint density at radius 2 is 2.00 bits per heavy atom. The zero-order valence-corrected chi connectivity index (χ0v) is 17.0. The van der Waals surface area contributed by atoms with Crippen molar-refractivity contribution < 1.29 is 36.6 Å². The molecule has 0 fully saturated rings. The first-order chi connectivity index (χ1) is 12.3. The third kappa shape index (κ3) is 4.16. The van der Waals surface area contributed by atoms with Gasteiger partial charge in [-0.3, -0.25) is 14.5 Å². The zero-order valence-electron chi connectivity index (χ0n) is 14.5. The molecule has 1 unspecified atom stereocenters. The summed E-state index contributed by atoms with van der Waals surface area (Å²) < 4.78 is 48.1. The van der Waals surface area contributed by atoms with E-state index in [1.807, 2.05) is 0 Å². The molecule has 10 nitrogen and oxygen atoms in total. The van der Waals surface area contributed by atoms with Gasteiger partial charge in [-0.25, -0.2) is 22.0 Å². The molecule has 152 valence electrons. The second kappa shape index (κ2) is 7.47. The molecule has 0 spiro atoms. The number of thiophene rings is 1. The number of carboxylic acids is 2. The molecular weight excluding hydrogens is 420 g/mol. The van der Waals surface area contributed by atoms with Crippen LogP contribution in [0.1, 0.15) is 38.3 Å². The minimum absolute atomic E-state index is 0.00731. The summed E-state index contributed by atoms with van der Waals surface area (Å²) in [7, 11) is -7.95. The Hall–Kier alpha value is -1.54. The van der Waals surface area contributed by atoms with E-state index in [0.29, 0.717) is 11.3 Å². The third-order valence-electron chi connectivity index (χ3n) is 4.50. The number of sulfone groups is 1. The van der Waals surface area contributed by atoms with Crippen LogP contribution in [-0.2, 0) is 29.4 Å². The van der Waals surface area contributed by atoms with Gasteiger partial charge in [-0.2, -0.15) is 0 Å². The fourth-order valence-electron chi connectivity index (χ4n) is 3.20. The average Bonchev–Trinajstić information content (AvgIpc) is 2.98. The van der Waals surface area contributed by atoms with E-state index >= 15 is 0 Å². The number of nitrogens with zero attached hydrogens (tertiary/aromatic N) is 1. The van der Waals surface area contributed by atoms with Crippen molar-refractivity contribution in [2.24, 2.45) is 5.14 Å². The third-order valence-corrected chi connectivity index (χ3v) is 9.82. The lowest BCUT2D eigenvalue weighted by Gasteiger charge is -2.38. The van der Waals surface area contributed by atoms with E-state index in [2.05, 4.69) is 0 Å². The number of nitrogens with two attached hydrogens (primary N) is 1. The molecule has 1 aliphatic heterocycles. The molecule has 2 heterocycles. The van der Waals surface area contributed by atoms with Gasteiger partial charge in [0.25, 0.3) is 0 Å². The van der Waals surface area contributed by atoms with Gasteiger partial charge >= 0.3 is 11.9 Å². The maximum atomic E-state index is 12.6. The Kier molecular flexibility index (Phi) is 6.02. The number of sulfonamides is 1. The monoisotopic (exact) mass is 440 g/mol. The van der Waals surface area contributed by atoms with Crippen molar-refractivity contribution in [3.05, 3.63) is 11.6 Å². The maximum Gasteiger partial charge on any atom is 0.321 e. The Morgan fingerprint density at radius 3 is 2.44 bits per heavy atom. The highest BCUT2D eigenvalue weighted by atomic mass is 32.3. The SMILES string of the molecule is CCN(C(CC(=O)O)C(=O)O)[C@@H]1C[C@@H](C)S(=O)(=O)c2sc(S(N)(=O)=O)cc21. The summed E-state index contributed by atoms with van der Waals surface area (Å²) in [4.78, 5) is 24.1. The Balaban J connectivity index is 2.65. The smallest absolute Gasteiger partial charge is 0.321 e. The lowest BCUT2D eigenvalue weighted by atomic mass is 9.99. The molecule has 1 aromatic rings. The number of hydrogen-bond donors (Lipinski definition) is 3. The Labute approximate surface area is 160 Å². The fourth-order valence-corrected chi connectivity index (χ4v) is 7.59. The van der Waals surface area contributed by atoms with E-state index in [-0.39, 0.29) is 26.9 Å². The predicted molar refractivity (Wildman–Crippen MR) is 95.8 cm³/mol. The number of carbonyl (C=O) groups is 2. The summed E-state index contributed by atoms with van der Waals surface area (Å²) in [5.74, 6) is -2.67. The number of likely N-dealkylation sites (N-methyl/N-ethyl adjacent to an activating group) is 1. The molecule has 3 atom stereocenters. The number of primary sulfonamides is 1. The number of hydrogen-bond acceptors (Lipinski definition) is 8. The van der Waals surface area contributed by atoms with E-state index in [4.69, 9.17) is 10.2 Å². The van der Waals surface area contributed by atoms with E-state index in [9.17, 15) is 31.5 Å². The normalized spacial score (nSPS) is 23.0. The van der Waals surface area contributed by atoms with Gasteiger partial charge in [0.05, 0.1) is 11.7 Å². The zero-order chi connectivity index (χ0) is 20.7. The lowest BCUT2D eigenvalue weighted by Crippen LogP contribution is -2.47. The van der Waals surface area contributed by atoms with Crippen LogP contribution in [-0.4, -0.2) is 61.7 Å². The molecule has 4 N–H and O–H groups in total. The summed E-state index contributed by atoms with van der Waals surface area (Å²) >= 11 is 0.527. The molecule has 13 heteroatoms. The number of rotatable bonds is 7. The van der Waals surface area contributed by atoms with Gasteiger partial charge in [0.2, 0.25) is 10.0 Å². The van der Waals surface area contributed by atoms with Gasteiger partial charge in [0, 0.05) is 11.6 Å². The number of fused-ring (bicyclic) bond motifs is 1. The molecule has 0 saturated carbocycles. The van der Waals surface area contributed by atoms with Crippen LogP contribution in [0.4, 0.5) is 0 Å². The van der Waals surface area contributed by atoms with Crippen molar-refractivity contribution >= 4 is 43.1 Å². The van der Waals surface area contributed by atoms with Crippen LogP contribution in [0.5, 0.6) is 0 Å². The maximum absolute atomic E-state index is 12.6. The summed E-state index contributed by atoms with van der Waals surface area (Å²) in [5, 5.41) is 22.7.